The second-order valence-corrected chi connectivity index (χ2v) is 13.0. The molecule has 2 aromatic carbocycles. The molecule has 3 heterocycles. The lowest BCUT2D eigenvalue weighted by atomic mass is 10.0. The number of aromatic nitrogens is 3. The van der Waals surface area contributed by atoms with Gasteiger partial charge in [-0.1, -0.05) is 24.3 Å². The van der Waals surface area contributed by atoms with Crippen LogP contribution >= 0.6 is 0 Å². The van der Waals surface area contributed by atoms with Crippen LogP contribution in [0.25, 0.3) is 22.0 Å². The van der Waals surface area contributed by atoms with E-state index in [0.717, 1.165) is 65.4 Å². The number of nitrogens with zero attached hydrogens (tertiary/aromatic N) is 4. The second kappa shape index (κ2) is 12.9. The van der Waals surface area contributed by atoms with Gasteiger partial charge in [-0.25, -0.2) is 19.7 Å². The Bertz CT molecular complexity index is 1670. The van der Waals surface area contributed by atoms with Crippen LogP contribution in [-0.2, 0) is 4.74 Å². The zero-order chi connectivity index (χ0) is 31.6. The summed E-state index contributed by atoms with van der Waals surface area (Å²) in [6.07, 6.45) is 7.33. The summed E-state index contributed by atoms with van der Waals surface area (Å²) in [4.78, 5) is 28.3. The molecule has 45 heavy (non-hydrogen) atoms. The Morgan fingerprint density at radius 2 is 1.82 bits per heavy atom. The highest BCUT2D eigenvalue weighted by Gasteiger charge is 2.28. The molecule has 2 aromatic heterocycles. The number of aryl methyl sites for hydroxylation is 1. The average molecular weight is 611 g/mol. The zero-order valence-corrected chi connectivity index (χ0v) is 26.4. The molecule has 1 unspecified atom stereocenters. The molecule has 2 fully saturated rings. The third-order valence-corrected chi connectivity index (χ3v) is 8.34. The molecule has 4 aromatic rings. The summed E-state index contributed by atoms with van der Waals surface area (Å²) in [5, 5.41) is 19.4. The van der Waals surface area contributed by atoms with Gasteiger partial charge >= 0.3 is 6.09 Å². The number of amides is 1. The molecule has 10 nitrogen and oxygen atoms in total. The number of anilines is 2. The lowest BCUT2D eigenvalue weighted by Gasteiger charge is -2.34. The Balaban J connectivity index is 1.23. The van der Waals surface area contributed by atoms with Crippen molar-refractivity contribution in [2.24, 2.45) is 0 Å². The molecule has 0 spiro atoms. The summed E-state index contributed by atoms with van der Waals surface area (Å²) < 4.78 is 12.2. The van der Waals surface area contributed by atoms with E-state index in [1.54, 1.807) is 17.3 Å². The van der Waals surface area contributed by atoms with Crippen LogP contribution in [0.5, 0.6) is 11.6 Å². The number of ether oxygens (including phenoxy) is 2. The molecule has 0 radical (unpaired) electrons. The summed E-state index contributed by atoms with van der Waals surface area (Å²) in [6.45, 7) is 8.83. The highest BCUT2D eigenvalue weighted by atomic mass is 16.6. The van der Waals surface area contributed by atoms with Crippen LogP contribution in [0.2, 0.25) is 0 Å². The van der Waals surface area contributed by atoms with Crippen LogP contribution in [0.15, 0.2) is 60.9 Å². The largest absolute Gasteiger partial charge is 0.444 e. The predicted molar refractivity (Wildman–Crippen MR) is 176 cm³/mol. The first kappa shape index (κ1) is 30.6. The molecule has 2 aliphatic rings. The van der Waals surface area contributed by atoms with Crippen LogP contribution in [0, 0.1) is 6.92 Å². The molecule has 0 bridgehead atoms. The standard InChI is InChI=1S/C35H42N6O4/c1-22-15-16-24-25(10-5-12-27(24)39-29-13-6-14-30(29)42)31(22)44-32-26(11-7-18-36-32)28-17-19-37-33(40-28)38-23-9-8-20-41(21-23)34(43)45-35(2,3)4/h5,7,10-12,15-19,23,29-30,39,42H,6,8-9,13-14,20-21H2,1-4H3,(H,37,38,40)/t23-,29?,30+/m0/s1. The summed E-state index contributed by atoms with van der Waals surface area (Å²) >= 11 is 0. The SMILES string of the molecule is Cc1ccc2c(NC3CCC[C@H]3O)cccc2c1Oc1ncccc1-c1ccnc(N[C@H]2CCCN(C(=O)OC(C)(C)C)C2)n1. The molecule has 236 valence electrons. The number of pyridine rings is 1. The highest BCUT2D eigenvalue weighted by Crippen LogP contribution is 2.39. The van der Waals surface area contributed by atoms with Gasteiger partial charge in [-0.05, 0) is 89.6 Å². The maximum atomic E-state index is 12.7. The monoisotopic (exact) mass is 610 g/mol. The number of likely N-dealkylation sites (tertiary alicyclic amines) is 1. The summed E-state index contributed by atoms with van der Waals surface area (Å²) in [7, 11) is 0. The third kappa shape index (κ3) is 7.12. The second-order valence-electron chi connectivity index (χ2n) is 13.0. The average Bonchev–Trinajstić information content (AvgIpc) is 3.42. The van der Waals surface area contributed by atoms with Gasteiger partial charge in [0, 0.05) is 48.0 Å². The highest BCUT2D eigenvalue weighted by molar-refractivity contribution is 5.98. The van der Waals surface area contributed by atoms with Crippen molar-refractivity contribution in [3.63, 3.8) is 0 Å². The van der Waals surface area contributed by atoms with Crippen molar-refractivity contribution >= 4 is 28.5 Å². The molecule has 3 atom stereocenters. The smallest absolute Gasteiger partial charge is 0.410 e. The lowest BCUT2D eigenvalue weighted by molar-refractivity contribution is 0.0206. The zero-order valence-electron chi connectivity index (χ0n) is 26.4. The number of hydrogen-bond acceptors (Lipinski definition) is 9. The number of hydrogen-bond donors (Lipinski definition) is 3. The maximum Gasteiger partial charge on any atom is 0.410 e. The fourth-order valence-corrected chi connectivity index (χ4v) is 6.12. The number of piperidine rings is 1. The van der Waals surface area contributed by atoms with Gasteiger partial charge in [0.25, 0.3) is 0 Å². The van der Waals surface area contributed by atoms with Crippen molar-refractivity contribution in [2.45, 2.75) is 83.6 Å². The molecule has 10 heteroatoms. The van der Waals surface area contributed by atoms with E-state index in [1.165, 1.54) is 0 Å². The van der Waals surface area contributed by atoms with E-state index in [2.05, 4.69) is 26.7 Å². The molecule has 3 N–H and O–H groups in total. The van der Waals surface area contributed by atoms with Crippen LogP contribution < -0.4 is 15.4 Å². The first-order chi connectivity index (χ1) is 21.6. The predicted octanol–water partition coefficient (Wildman–Crippen LogP) is 6.93. The minimum absolute atomic E-state index is 0.00220. The minimum Gasteiger partial charge on any atom is -0.444 e. The number of fused-ring (bicyclic) bond motifs is 1. The molecular formula is C35H42N6O4. The minimum atomic E-state index is -0.541. The van der Waals surface area contributed by atoms with Gasteiger partial charge in [-0.2, -0.15) is 0 Å². The maximum absolute atomic E-state index is 12.7. The number of carbonyl (C=O) groups is 1. The van der Waals surface area contributed by atoms with E-state index in [0.29, 0.717) is 30.6 Å². The number of nitrogens with one attached hydrogen (secondary N) is 2. The fraction of sp³-hybridized carbons (Fsp3) is 0.429. The molecule has 1 saturated carbocycles. The van der Waals surface area contributed by atoms with Crippen LogP contribution in [0.4, 0.5) is 16.4 Å². The van der Waals surface area contributed by atoms with Gasteiger partial charge in [0.2, 0.25) is 11.8 Å². The first-order valence-corrected chi connectivity index (χ1v) is 15.8. The molecule has 1 aliphatic heterocycles. The number of benzene rings is 2. The molecule has 1 amide bonds. The van der Waals surface area contributed by atoms with Crippen molar-refractivity contribution in [3.05, 3.63) is 66.5 Å². The van der Waals surface area contributed by atoms with Gasteiger partial charge in [0.05, 0.1) is 23.4 Å². The van der Waals surface area contributed by atoms with Gasteiger partial charge in [0.15, 0.2) is 0 Å². The summed E-state index contributed by atoms with van der Waals surface area (Å²) in [5.74, 6) is 1.64. The van der Waals surface area contributed by atoms with Crippen LogP contribution in [0.3, 0.4) is 0 Å². The molecular weight excluding hydrogens is 568 g/mol. The molecule has 6 rings (SSSR count). The van der Waals surface area contributed by atoms with Crippen LogP contribution in [-0.4, -0.2) is 67.9 Å². The number of rotatable bonds is 7. The van der Waals surface area contributed by atoms with Crippen molar-refractivity contribution in [1.82, 2.24) is 19.9 Å². The van der Waals surface area contributed by atoms with E-state index >= 15 is 0 Å². The van der Waals surface area contributed by atoms with Gasteiger partial charge in [-0.3, -0.25) is 0 Å². The number of aliphatic hydroxyl groups excluding tert-OH is 1. The topological polar surface area (TPSA) is 122 Å². The van der Waals surface area contributed by atoms with Crippen molar-refractivity contribution in [2.75, 3.05) is 23.7 Å². The quantitative estimate of drug-likeness (QED) is 0.204. The van der Waals surface area contributed by atoms with E-state index in [1.807, 2.05) is 70.2 Å². The Hall–Kier alpha value is -4.44. The van der Waals surface area contributed by atoms with Crippen molar-refractivity contribution in [3.8, 4) is 22.9 Å². The van der Waals surface area contributed by atoms with E-state index in [9.17, 15) is 9.90 Å². The third-order valence-electron chi connectivity index (χ3n) is 8.34. The van der Waals surface area contributed by atoms with E-state index in [4.69, 9.17) is 14.5 Å². The van der Waals surface area contributed by atoms with Gasteiger partial charge in [0.1, 0.15) is 11.4 Å². The van der Waals surface area contributed by atoms with E-state index < -0.39 is 5.60 Å². The van der Waals surface area contributed by atoms with Gasteiger partial charge < -0.3 is 30.1 Å². The number of carbonyl (C=O) groups excluding carboxylic acids is 1. The van der Waals surface area contributed by atoms with Crippen molar-refractivity contribution in [1.29, 1.82) is 0 Å². The Morgan fingerprint density at radius 1 is 0.956 bits per heavy atom. The Kier molecular flexibility index (Phi) is 8.76. The Labute approximate surface area is 264 Å². The molecule has 1 aliphatic carbocycles. The summed E-state index contributed by atoms with van der Waals surface area (Å²) in [5.41, 5.74) is 2.83. The number of aliphatic hydroxyl groups is 1. The lowest BCUT2D eigenvalue weighted by Crippen LogP contribution is -2.47. The summed E-state index contributed by atoms with van der Waals surface area (Å²) in [6, 6.07) is 15.9. The van der Waals surface area contributed by atoms with Gasteiger partial charge in [-0.15, -0.1) is 0 Å². The van der Waals surface area contributed by atoms with Crippen LogP contribution in [0.1, 0.15) is 58.4 Å². The molecule has 1 saturated heterocycles. The fourth-order valence-electron chi connectivity index (χ4n) is 6.12. The van der Waals surface area contributed by atoms with E-state index in [-0.39, 0.29) is 24.3 Å². The Morgan fingerprint density at radius 3 is 2.62 bits per heavy atom. The first-order valence-electron chi connectivity index (χ1n) is 15.8. The van der Waals surface area contributed by atoms with Crippen molar-refractivity contribution < 1.29 is 19.4 Å². The normalized spacial score (nSPS) is 20.2.